The molecule has 1 amide bonds. The minimum absolute atomic E-state index is 0.00160. The molecule has 18 heavy (non-hydrogen) atoms. The molecule has 5 heteroatoms. The van der Waals surface area contributed by atoms with E-state index in [2.05, 4.69) is 10.1 Å². The molecule has 0 saturated heterocycles. The smallest absolute Gasteiger partial charge is 0.338 e. The fourth-order valence-electron chi connectivity index (χ4n) is 1.48. The van der Waals surface area contributed by atoms with Crippen LogP contribution >= 0.6 is 0 Å². The van der Waals surface area contributed by atoms with Crippen LogP contribution in [0.1, 0.15) is 22.8 Å². The van der Waals surface area contributed by atoms with E-state index in [4.69, 9.17) is 4.74 Å². The number of carbonyl (C=O) groups is 2. The summed E-state index contributed by atoms with van der Waals surface area (Å²) < 4.78 is 9.67. The van der Waals surface area contributed by atoms with Crippen molar-refractivity contribution < 1.29 is 19.1 Å². The number of esters is 1. The molecule has 1 N–H and O–H groups in total. The Morgan fingerprint density at radius 3 is 2.67 bits per heavy atom. The van der Waals surface area contributed by atoms with Crippen molar-refractivity contribution in [1.82, 2.24) is 0 Å². The lowest BCUT2D eigenvalue weighted by Gasteiger charge is -2.11. The monoisotopic (exact) mass is 251 g/mol. The van der Waals surface area contributed by atoms with Gasteiger partial charge >= 0.3 is 5.97 Å². The second kappa shape index (κ2) is 6.76. The molecule has 0 saturated carbocycles. The van der Waals surface area contributed by atoms with E-state index in [1.165, 1.54) is 7.11 Å². The number of rotatable bonds is 5. The standard InChI is InChI=1S/C13H17NO4/c1-4-18-8-12(15)14-11-7-5-6-10(9(11)2)13(16)17-3/h5-7H,4,8H2,1-3H3,(H,14,15). The number of anilines is 1. The molecule has 0 aliphatic rings. The highest BCUT2D eigenvalue weighted by Crippen LogP contribution is 2.19. The van der Waals surface area contributed by atoms with E-state index in [-0.39, 0.29) is 12.5 Å². The molecule has 0 unspecified atom stereocenters. The molecule has 0 bridgehead atoms. The first-order chi connectivity index (χ1) is 8.60. The van der Waals surface area contributed by atoms with Crippen molar-refractivity contribution in [3.8, 4) is 0 Å². The predicted octanol–water partition coefficient (Wildman–Crippen LogP) is 1.76. The number of benzene rings is 1. The van der Waals surface area contributed by atoms with Gasteiger partial charge in [-0.05, 0) is 31.5 Å². The largest absolute Gasteiger partial charge is 0.465 e. The minimum Gasteiger partial charge on any atom is -0.465 e. The zero-order valence-electron chi connectivity index (χ0n) is 10.8. The number of methoxy groups -OCH3 is 1. The van der Waals surface area contributed by atoms with Crippen molar-refractivity contribution in [2.75, 3.05) is 25.6 Å². The van der Waals surface area contributed by atoms with Gasteiger partial charge in [0.1, 0.15) is 6.61 Å². The Labute approximate surface area is 106 Å². The van der Waals surface area contributed by atoms with E-state index in [0.717, 1.165) is 0 Å². The number of amides is 1. The summed E-state index contributed by atoms with van der Waals surface area (Å²) in [5.74, 6) is -0.671. The third-order valence-electron chi connectivity index (χ3n) is 2.45. The average molecular weight is 251 g/mol. The van der Waals surface area contributed by atoms with Crippen molar-refractivity contribution in [1.29, 1.82) is 0 Å². The molecule has 0 aliphatic carbocycles. The molecule has 0 radical (unpaired) electrons. The molecular formula is C13H17NO4. The lowest BCUT2D eigenvalue weighted by Crippen LogP contribution is -2.19. The first-order valence-electron chi connectivity index (χ1n) is 5.65. The predicted molar refractivity (Wildman–Crippen MR) is 67.6 cm³/mol. The maximum Gasteiger partial charge on any atom is 0.338 e. The zero-order valence-corrected chi connectivity index (χ0v) is 10.8. The van der Waals surface area contributed by atoms with Gasteiger partial charge in [0.25, 0.3) is 0 Å². The summed E-state index contributed by atoms with van der Waals surface area (Å²) >= 11 is 0. The van der Waals surface area contributed by atoms with Crippen LogP contribution in [0.25, 0.3) is 0 Å². The summed E-state index contributed by atoms with van der Waals surface area (Å²) in [6, 6.07) is 5.07. The molecule has 0 atom stereocenters. The molecular weight excluding hydrogens is 234 g/mol. The van der Waals surface area contributed by atoms with Gasteiger partial charge in [-0.1, -0.05) is 6.07 Å². The summed E-state index contributed by atoms with van der Waals surface area (Å²) in [4.78, 5) is 23.0. The van der Waals surface area contributed by atoms with Gasteiger partial charge in [0, 0.05) is 12.3 Å². The Morgan fingerprint density at radius 1 is 1.33 bits per heavy atom. The summed E-state index contributed by atoms with van der Waals surface area (Å²) in [6.07, 6.45) is 0. The Bertz CT molecular complexity index is 443. The lowest BCUT2D eigenvalue weighted by atomic mass is 10.1. The van der Waals surface area contributed by atoms with Crippen molar-refractivity contribution in [3.63, 3.8) is 0 Å². The van der Waals surface area contributed by atoms with Gasteiger partial charge in [-0.3, -0.25) is 4.79 Å². The van der Waals surface area contributed by atoms with Crippen LogP contribution in [0, 0.1) is 6.92 Å². The highest BCUT2D eigenvalue weighted by molar-refractivity contribution is 5.97. The zero-order chi connectivity index (χ0) is 13.5. The van der Waals surface area contributed by atoms with Gasteiger partial charge in [0.2, 0.25) is 5.91 Å². The van der Waals surface area contributed by atoms with Crippen LogP contribution in [0.5, 0.6) is 0 Å². The topological polar surface area (TPSA) is 64.6 Å². The van der Waals surface area contributed by atoms with Crippen LogP contribution in [-0.2, 0) is 14.3 Å². The van der Waals surface area contributed by atoms with E-state index >= 15 is 0 Å². The SMILES string of the molecule is CCOCC(=O)Nc1cccc(C(=O)OC)c1C. The van der Waals surface area contributed by atoms with Crippen LogP contribution in [0.15, 0.2) is 18.2 Å². The summed E-state index contributed by atoms with van der Waals surface area (Å²) in [5.41, 5.74) is 1.70. The van der Waals surface area contributed by atoms with Crippen molar-refractivity contribution in [3.05, 3.63) is 29.3 Å². The summed E-state index contributed by atoms with van der Waals surface area (Å²) in [6.45, 7) is 4.05. The second-order valence-electron chi connectivity index (χ2n) is 3.66. The van der Waals surface area contributed by atoms with E-state index < -0.39 is 5.97 Å². The molecule has 1 rings (SSSR count). The number of hydrogen-bond acceptors (Lipinski definition) is 4. The van der Waals surface area contributed by atoms with Crippen LogP contribution in [0.2, 0.25) is 0 Å². The van der Waals surface area contributed by atoms with E-state index in [0.29, 0.717) is 23.4 Å². The first kappa shape index (κ1) is 14.2. The highest BCUT2D eigenvalue weighted by Gasteiger charge is 2.13. The molecule has 1 aromatic carbocycles. The molecule has 0 aliphatic heterocycles. The minimum atomic E-state index is -0.423. The van der Waals surface area contributed by atoms with Crippen LogP contribution in [0.3, 0.4) is 0 Å². The van der Waals surface area contributed by atoms with E-state index in [1.54, 1.807) is 25.1 Å². The maximum absolute atomic E-state index is 11.5. The first-order valence-corrected chi connectivity index (χ1v) is 5.65. The van der Waals surface area contributed by atoms with Crippen molar-refractivity contribution >= 4 is 17.6 Å². The Kier molecular flexibility index (Phi) is 5.32. The maximum atomic E-state index is 11.5. The number of hydrogen-bond donors (Lipinski definition) is 1. The molecule has 98 valence electrons. The Balaban J connectivity index is 2.84. The van der Waals surface area contributed by atoms with Gasteiger partial charge in [0.15, 0.2) is 0 Å². The molecule has 0 heterocycles. The molecule has 1 aromatic rings. The second-order valence-corrected chi connectivity index (χ2v) is 3.66. The normalized spacial score (nSPS) is 9.94. The summed E-state index contributed by atoms with van der Waals surface area (Å²) in [7, 11) is 1.32. The van der Waals surface area contributed by atoms with E-state index in [9.17, 15) is 9.59 Å². The van der Waals surface area contributed by atoms with Gasteiger partial charge in [-0.2, -0.15) is 0 Å². The number of carbonyl (C=O) groups excluding carboxylic acids is 2. The number of ether oxygens (including phenoxy) is 2. The fraction of sp³-hybridized carbons (Fsp3) is 0.385. The molecule has 5 nitrogen and oxygen atoms in total. The van der Waals surface area contributed by atoms with Gasteiger partial charge in [-0.15, -0.1) is 0 Å². The average Bonchev–Trinajstić information content (AvgIpc) is 2.38. The summed E-state index contributed by atoms with van der Waals surface area (Å²) in [5, 5.41) is 2.69. The van der Waals surface area contributed by atoms with Crippen LogP contribution < -0.4 is 5.32 Å². The van der Waals surface area contributed by atoms with Crippen LogP contribution in [0.4, 0.5) is 5.69 Å². The van der Waals surface area contributed by atoms with Crippen LogP contribution in [-0.4, -0.2) is 32.2 Å². The van der Waals surface area contributed by atoms with Gasteiger partial charge in [-0.25, -0.2) is 4.79 Å². The molecule has 0 aromatic heterocycles. The highest BCUT2D eigenvalue weighted by atomic mass is 16.5. The van der Waals surface area contributed by atoms with Crippen molar-refractivity contribution in [2.45, 2.75) is 13.8 Å². The molecule has 0 fully saturated rings. The lowest BCUT2D eigenvalue weighted by molar-refractivity contribution is -0.120. The molecule has 0 spiro atoms. The third kappa shape index (κ3) is 3.56. The third-order valence-corrected chi connectivity index (χ3v) is 2.45. The van der Waals surface area contributed by atoms with E-state index in [1.807, 2.05) is 6.92 Å². The fourth-order valence-corrected chi connectivity index (χ4v) is 1.48. The van der Waals surface area contributed by atoms with Crippen molar-refractivity contribution in [2.24, 2.45) is 0 Å². The quantitative estimate of drug-likeness (QED) is 0.810. The Morgan fingerprint density at radius 2 is 2.06 bits per heavy atom. The number of nitrogens with one attached hydrogen (secondary N) is 1. The Hall–Kier alpha value is -1.88. The van der Waals surface area contributed by atoms with Gasteiger partial charge in [0.05, 0.1) is 12.7 Å². The van der Waals surface area contributed by atoms with Gasteiger partial charge < -0.3 is 14.8 Å².